The van der Waals surface area contributed by atoms with Crippen LogP contribution in [0, 0.1) is 0 Å². The maximum Gasteiger partial charge on any atom is 0.344 e. The van der Waals surface area contributed by atoms with E-state index in [0.717, 1.165) is 32.4 Å². The Morgan fingerprint density at radius 2 is 1.29 bits per heavy atom. The maximum absolute atomic E-state index is 11.5. The molecule has 0 fully saturated rings. The van der Waals surface area contributed by atoms with Crippen molar-refractivity contribution in [2.24, 2.45) is 0 Å². The number of benzene rings is 3. The first-order valence-corrected chi connectivity index (χ1v) is 12.1. The van der Waals surface area contributed by atoms with Gasteiger partial charge in [-0.3, -0.25) is 4.90 Å². The van der Waals surface area contributed by atoms with Gasteiger partial charge in [-0.2, -0.15) is 0 Å². The Morgan fingerprint density at radius 3 is 1.77 bits per heavy atom. The van der Waals surface area contributed by atoms with Crippen molar-refractivity contribution in [1.29, 1.82) is 0 Å². The summed E-state index contributed by atoms with van der Waals surface area (Å²) in [5, 5.41) is 19.1. The normalized spacial score (nSPS) is 11.9. The summed E-state index contributed by atoms with van der Waals surface area (Å²) in [6, 6.07) is 22.9. The molecule has 0 aliphatic heterocycles. The lowest BCUT2D eigenvalue weighted by atomic mass is 10.0. The predicted molar refractivity (Wildman–Crippen MR) is 137 cm³/mol. The first-order chi connectivity index (χ1) is 16.9. The number of aromatic hydroxyl groups is 2. The van der Waals surface area contributed by atoms with Crippen molar-refractivity contribution in [2.45, 2.75) is 39.2 Å². The first-order valence-electron chi connectivity index (χ1n) is 12.1. The van der Waals surface area contributed by atoms with Crippen LogP contribution in [-0.2, 0) is 28.8 Å². The van der Waals surface area contributed by atoms with Gasteiger partial charge in [-0.05, 0) is 86.2 Å². The summed E-state index contributed by atoms with van der Waals surface area (Å²) in [5.41, 5.74) is 3.57. The van der Waals surface area contributed by atoms with Crippen molar-refractivity contribution in [3.05, 3.63) is 89.5 Å². The summed E-state index contributed by atoms with van der Waals surface area (Å²) in [7, 11) is 0. The topological polar surface area (TPSA) is 79.2 Å². The van der Waals surface area contributed by atoms with Crippen LogP contribution < -0.4 is 4.74 Å². The molecule has 3 aromatic rings. The van der Waals surface area contributed by atoms with Crippen LogP contribution >= 0.6 is 0 Å². The number of carbonyl (C=O) groups excluding carboxylic acids is 1. The molecule has 0 radical (unpaired) electrons. The second kappa shape index (κ2) is 13.4. The van der Waals surface area contributed by atoms with Crippen molar-refractivity contribution in [3.63, 3.8) is 0 Å². The molecule has 0 amide bonds. The Balaban J connectivity index is 1.60. The summed E-state index contributed by atoms with van der Waals surface area (Å²) in [6.45, 7) is 6.04. The van der Waals surface area contributed by atoms with E-state index in [2.05, 4.69) is 11.8 Å². The molecule has 0 bridgehead atoms. The van der Waals surface area contributed by atoms with Gasteiger partial charge in [-0.25, -0.2) is 4.79 Å². The number of hydrogen-bond acceptors (Lipinski definition) is 6. The van der Waals surface area contributed by atoms with Crippen LogP contribution in [0.5, 0.6) is 17.2 Å². The van der Waals surface area contributed by atoms with E-state index in [4.69, 9.17) is 9.47 Å². The van der Waals surface area contributed by atoms with E-state index >= 15 is 0 Å². The van der Waals surface area contributed by atoms with E-state index in [1.807, 2.05) is 48.5 Å². The molecule has 35 heavy (non-hydrogen) atoms. The zero-order chi connectivity index (χ0) is 25.0. The summed E-state index contributed by atoms with van der Waals surface area (Å²) >= 11 is 0. The van der Waals surface area contributed by atoms with Crippen LogP contribution in [0.4, 0.5) is 0 Å². The van der Waals surface area contributed by atoms with Gasteiger partial charge in [0.2, 0.25) is 0 Å². The molecule has 0 heterocycles. The van der Waals surface area contributed by atoms with E-state index in [0.29, 0.717) is 18.4 Å². The average molecular weight is 478 g/mol. The monoisotopic (exact) mass is 477 g/mol. The zero-order valence-electron chi connectivity index (χ0n) is 20.5. The molecule has 186 valence electrons. The number of ether oxygens (including phenoxy) is 2. The fourth-order valence-corrected chi connectivity index (χ4v) is 3.96. The fourth-order valence-electron chi connectivity index (χ4n) is 3.96. The van der Waals surface area contributed by atoms with Gasteiger partial charge in [0.15, 0.2) is 6.61 Å². The zero-order valence-corrected chi connectivity index (χ0v) is 20.5. The van der Waals surface area contributed by atoms with Crippen LogP contribution in [0.1, 0.15) is 30.5 Å². The molecule has 0 aliphatic carbocycles. The summed E-state index contributed by atoms with van der Waals surface area (Å²) in [4.78, 5) is 14.0. The molecule has 0 aliphatic rings. The minimum Gasteiger partial charge on any atom is -0.508 e. The van der Waals surface area contributed by atoms with Crippen molar-refractivity contribution < 1.29 is 24.5 Å². The molecule has 6 nitrogen and oxygen atoms in total. The van der Waals surface area contributed by atoms with Crippen molar-refractivity contribution in [3.8, 4) is 17.2 Å². The lowest BCUT2D eigenvalue weighted by Crippen LogP contribution is -2.38. The Labute approximate surface area is 207 Å². The molecule has 0 spiro atoms. The number of hydrogen-bond donors (Lipinski definition) is 2. The third kappa shape index (κ3) is 8.98. The van der Waals surface area contributed by atoms with E-state index in [1.165, 1.54) is 16.7 Å². The molecule has 3 aromatic carbocycles. The van der Waals surface area contributed by atoms with Gasteiger partial charge in [0.05, 0.1) is 6.61 Å². The van der Waals surface area contributed by atoms with Gasteiger partial charge in [-0.15, -0.1) is 0 Å². The highest BCUT2D eigenvalue weighted by atomic mass is 16.6. The number of rotatable bonds is 13. The Hall–Kier alpha value is -3.51. The van der Waals surface area contributed by atoms with Crippen molar-refractivity contribution >= 4 is 5.97 Å². The highest BCUT2D eigenvalue weighted by Gasteiger charge is 2.15. The van der Waals surface area contributed by atoms with E-state index in [9.17, 15) is 15.0 Å². The highest BCUT2D eigenvalue weighted by molar-refractivity contribution is 5.71. The van der Waals surface area contributed by atoms with E-state index in [-0.39, 0.29) is 24.1 Å². The van der Waals surface area contributed by atoms with Crippen LogP contribution in [-0.4, -0.2) is 53.4 Å². The Bertz CT molecular complexity index is 983. The summed E-state index contributed by atoms with van der Waals surface area (Å²) < 4.78 is 10.4. The molecule has 0 aromatic heterocycles. The number of phenolic OH excluding ortho intramolecular Hbond substituents is 2. The molecule has 1 atom stereocenters. The SMILES string of the molecule is CCOC(=O)COc1ccc(C[C@@H](C)N(CCc2ccc(O)cc2)CCc2ccc(O)cc2)cc1. The summed E-state index contributed by atoms with van der Waals surface area (Å²) in [5.74, 6) is 0.830. The molecule has 3 rings (SSSR count). The molecule has 0 saturated carbocycles. The maximum atomic E-state index is 11.5. The van der Waals surface area contributed by atoms with Gasteiger partial charge >= 0.3 is 5.97 Å². The van der Waals surface area contributed by atoms with Crippen LogP contribution in [0.25, 0.3) is 0 Å². The fraction of sp³-hybridized carbons (Fsp3) is 0.345. The molecular weight excluding hydrogens is 442 g/mol. The molecule has 0 saturated heterocycles. The highest BCUT2D eigenvalue weighted by Crippen LogP contribution is 2.18. The Morgan fingerprint density at radius 1 is 0.800 bits per heavy atom. The minimum absolute atomic E-state index is 0.0914. The Kier molecular flexibility index (Phi) is 9.99. The van der Waals surface area contributed by atoms with E-state index in [1.54, 1.807) is 31.2 Å². The lowest BCUT2D eigenvalue weighted by Gasteiger charge is -2.29. The quantitative estimate of drug-likeness (QED) is 0.346. The van der Waals surface area contributed by atoms with Crippen LogP contribution in [0.3, 0.4) is 0 Å². The molecule has 2 N–H and O–H groups in total. The lowest BCUT2D eigenvalue weighted by molar-refractivity contribution is -0.145. The molecule has 6 heteroatoms. The third-order valence-corrected chi connectivity index (χ3v) is 5.99. The van der Waals surface area contributed by atoms with Gasteiger partial charge in [0, 0.05) is 19.1 Å². The van der Waals surface area contributed by atoms with Gasteiger partial charge < -0.3 is 19.7 Å². The third-order valence-electron chi connectivity index (χ3n) is 5.99. The van der Waals surface area contributed by atoms with Gasteiger partial charge in [0.25, 0.3) is 0 Å². The van der Waals surface area contributed by atoms with Gasteiger partial charge in [0.1, 0.15) is 17.2 Å². The number of esters is 1. The standard InChI is InChI=1S/C29H35NO5/c1-3-34-29(33)21-35-28-14-8-25(9-15-28)20-22(2)30(18-16-23-4-10-26(31)11-5-23)19-17-24-6-12-27(32)13-7-24/h4-15,22,31-32H,3,16-21H2,1-2H3/t22-/m1/s1. The smallest absolute Gasteiger partial charge is 0.344 e. The number of nitrogens with zero attached hydrogens (tertiary/aromatic N) is 1. The van der Waals surface area contributed by atoms with Crippen LogP contribution in [0.2, 0.25) is 0 Å². The largest absolute Gasteiger partial charge is 0.508 e. The summed E-state index contributed by atoms with van der Waals surface area (Å²) in [6.07, 6.45) is 2.66. The molecular formula is C29H35NO5. The molecule has 0 unspecified atom stereocenters. The van der Waals surface area contributed by atoms with E-state index < -0.39 is 0 Å². The number of carbonyl (C=O) groups is 1. The second-order valence-electron chi connectivity index (χ2n) is 8.66. The number of phenols is 2. The van der Waals surface area contributed by atoms with Crippen LogP contribution in [0.15, 0.2) is 72.8 Å². The minimum atomic E-state index is -0.372. The first kappa shape index (κ1) is 26.1. The van der Waals surface area contributed by atoms with Crippen molar-refractivity contribution in [1.82, 2.24) is 4.90 Å². The van der Waals surface area contributed by atoms with Gasteiger partial charge in [-0.1, -0.05) is 36.4 Å². The average Bonchev–Trinajstić information content (AvgIpc) is 2.86. The second-order valence-corrected chi connectivity index (χ2v) is 8.66. The predicted octanol–water partition coefficient (Wildman–Crippen LogP) is 4.76. The van der Waals surface area contributed by atoms with Crippen molar-refractivity contribution in [2.75, 3.05) is 26.3 Å².